The number of thiazole rings is 1. The lowest BCUT2D eigenvalue weighted by atomic mass is 10.1. The van der Waals surface area contributed by atoms with Gasteiger partial charge < -0.3 is 10.2 Å². The van der Waals surface area contributed by atoms with Crippen molar-refractivity contribution < 1.29 is 4.79 Å². The molecule has 0 unspecified atom stereocenters. The zero-order chi connectivity index (χ0) is 17.2. The van der Waals surface area contributed by atoms with Crippen LogP contribution in [0.1, 0.15) is 29.6 Å². The van der Waals surface area contributed by atoms with Crippen molar-refractivity contribution in [3.05, 3.63) is 52.5 Å². The Labute approximate surface area is 155 Å². The van der Waals surface area contributed by atoms with Gasteiger partial charge in [-0.2, -0.15) is 0 Å². The van der Waals surface area contributed by atoms with Gasteiger partial charge in [-0.05, 0) is 55.7 Å². The third-order valence-electron chi connectivity index (χ3n) is 4.50. The van der Waals surface area contributed by atoms with E-state index >= 15 is 0 Å². The Balaban J connectivity index is 1.62. The number of piperidine rings is 1. The fourth-order valence-corrected chi connectivity index (χ4v) is 4.10. The molecule has 0 atom stereocenters. The van der Waals surface area contributed by atoms with Crippen molar-refractivity contribution in [3.8, 4) is 0 Å². The largest absolute Gasteiger partial charge is 0.370 e. The van der Waals surface area contributed by atoms with Crippen molar-refractivity contribution in [1.29, 1.82) is 0 Å². The number of carbonyl (C=O) groups excluding carboxylic acids is 1. The fourth-order valence-electron chi connectivity index (χ4n) is 3.21. The summed E-state index contributed by atoms with van der Waals surface area (Å²) in [7, 11) is 0. The van der Waals surface area contributed by atoms with E-state index in [0.29, 0.717) is 10.6 Å². The number of hydrogen-bond acceptors (Lipinski definition) is 4. The normalized spacial score (nSPS) is 14.7. The Bertz CT molecular complexity index is 918. The van der Waals surface area contributed by atoms with Crippen molar-refractivity contribution in [2.75, 3.05) is 23.3 Å². The summed E-state index contributed by atoms with van der Waals surface area (Å²) >= 11 is 7.71. The van der Waals surface area contributed by atoms with E-state index < -0.39 is 0 Å². The van der Waals surface area contributed by atoms with E-state index in [1.807, 2.05) is 36.4 Å². The second kappa shape index (κ2) is 7.02. The highest BCUT2D eigenvalue weighted by atomic mass is 35.5. The van der Waals surface area contributed by atoms with Crippen molar-refractivity contribution in [2.45, 2.75) is 19.3 Å². The van der Waals surface area contributed by atoms with Crippen LogP contribution in [0.2, 0.25) is 5.02 Å². The Morgan fingerprint density at radius 3 is 2.80 bits per heavy atom. The molecule has 1 N–H and O–H groups in total. The molecule has 1 aliphatic heterocycles. The molecule has 0 saturated carbocycles. The Kier molecular flexibility index (Phi) is 4.59. The number of halogens is 1. The zero-order valence-corrected chi connectivity index (χ0v) is 15.2. The molecular weight excluding hydrogens is 354 g/mol. The van der Waals surface area contributed by atoms with Crippen LogP contribution in [0.4, 0.5) is 11.4 Å². The van der Waals surface area contributed by atoms with E-state index in [0.717, 1.165) is 34.7 Å². The molecule has 25 heavy (non-hydrogen) atoms. The van der Waals surface area contributed by atoms with Crippen LogP contribution in [0, 0.1) is 0 Å². The highest BCUT2D eigenvalue weighted by Crippen LogP contribution is 2.32. The second-order valence-electron chi connectivity index (χ2n) is 6.20. The molecule has 0 aliphatic carbocycles. The van der Waals surface area contributed by atoms with Crippen LogP contribution in [-0.2, 0) is 0 Å². The van der Waals surface area contributed by atoms with Gasteiger partial charge in [0.1, 0.15) is 0 Å². The number of nitrogens with zero attached hydrogens (tertiary/aromatic N) is 2. The summed E-state index contributed by atoms with van der Waals surface area (Å²) in [6.45, 7) is 2.02. The predicted molar refractivity (Wildman–Crippen MR) is 105 cm³/mol. The predicted octanol–water partition coefficient (Wildman–Crippen LogP) is 5.19. The van der Waals surface area contributed by atoms with Gasteiger partial charge in [0.05, 0.1) is 27.1 Å². The molecule has 4 rings (SSSR count). The smallest absolute Gasteiger partial charge is 0.255 e. The van der Waals surface area contributed by atoms with Crippen molar-refractivity contribution >= 4 is 50.4 Å². The molecule has 6 heteroatoms. The van der Waals surface area contributed by atoms with Crippen molar-refractivity contribution in [2.24, 2.45) is 0 Å². The number of rotatable bonds is 3. The van der Waals surface area contributed by atoms with Gasteiger partial charge in [-0.3, -0.25) is 4.79 Å². The van der Waals surface area contributed by atoms with Crippen LogP contribution < -0.4 is 10.2 Å². The van der Waals surface area contributed by atoms with Gasteiger partial charge in [0.2, 0.25) is 0 Å². The van der Waals surface area contributed by atoms with Crippen molar-refractivity contribution in [3.63, 3.8) is 0 Å². The lowest BCUT2D eigenvalue weighted by Gasteiger charge is -2.30. The topological polar surface area (TPSA) is 45.2 Å². The minimum atomic E-state index is -0.129. The van der Waals surface area contributed by atoms with Crippen LogP contribution >= 0.6 is 22.9 Å². The first-order chi connectivity index (χ1) is 12.2. The van der Waals surface area contributed by atoms with Gasteiger partial charge in [-0.15, -0.1) is 11.3 Å². The SMILES string of the molecule is O=C(Nc1cc(Cl)ccc1N1CCCCC1)c1ccc2ncsc2c1. The molecule has 1 saturated heterocycles. The summed E-state index contributed by atoms with van der Waals surface area (Å²) in [5.41, 5.74) is 5.14. The van der Waals surface area contributed by atoms with Gasteiger partial charge in [-0.1, -0.05) is 11.6 Å². The number of fused-ring (bicyclic) bond motifs is 1. The summed E-state index contributed by atoms with van der Waals surface area (Å²) in [6.07, 6.45) is 3.62. The zero-order valence-electron chi connectivity index (χ0n) is 13.7. The minimum Gasteiger partial charge on any atom is -0.370 e. The number of anilines is 2. The van der Waals surface area contributed by atoms with E-state index in [1.54, 1.807) is 5.51 Å². The Hall–Kier alpha value is -2.11. The number of carbonyl (C=O) groups is 1. The average molecular weight is 372 g/mol. The molecule has 0 spiro atoms. The number of hydrogen-bond donors (Lipinski definition) is 1. The van der Waals surface area contributed by atoms with Gasteiger partial charge in [0, 0.05) is 23.7 Å². The fraction of sp³-hybridized carbons (Fsp3) is 0.263. The maximum absolute atomic E-state index is 12.7. The number of benzene rings is 2. The van der Waals surface area contributed by atoms with Gasteiger partial charge in [0.25, 0.3) is 5.91 Å². The number of amides is 1. The molecule has 2 heterocycles. The first-order valence-corrected chi connectivity index (χ1v) is 9.65. The molecule has 1 amide bonds. The maximum atomic E-state index is 12.7. The van der Waals surface area contributed by atoms with Gasteiger partial charge in [0.15, 0.2) is 0 Å². The first-order valence-electron chi connectivity index (χ1n) is 8.40. The summed E-state index contributed by atoms with van der Waals surface area (Å²) in [5, 5.41) is 3.66. The van der Waals surface area contributed by atoms with Crippen molar-refractivity contribution in [1.82, 2.24) is 4.98 Å². The van der Waals surface area contributed by atoms with Crippen LogP contribution in [0.5, 0.6) is 0 Å². The van der Waals surface area contributed by atoms with E-state index in [2.05, 4.69) is 15.2 Å². The summed E-state index contributed by atoms with van der Waals surface area (Å²) in [5.74, 6) is -0.129. The van der Waals surface area contributed by atoms with Gasteiger partial charge >= 0.3 is 0 Å². The van der Waals surface area contributed by atoms with E-state index in [1.165, 1.54) is 30.6 Å². The lowest BCUT2D eigenvalue weighted by Crippen LogP contribution is -2.30. The third kappa shape index (κ3) is 3.48. The maximum Gasteiger partial charge on any atom is 0.255 e. The molecule has 4 nitrogen and oxygen atoms in total. The lowest BCUT2D eigenvalue weighted by molar-refractivity contribution is 0.102. The van der Waals surface area contributed by atoms with Crippen LogP contribution in [0.25, 0.3) is 10.2 Å². The third-order valence-corrected chi connectivity index (χ3v) is 5.52. The minimum absolute atomic E-state index is 0.129. The molecule has 1 fully saturated rings. The summed E-state index contributed by atoms with van der Waals surface area (Å²) in [6, 6.07) is 11.3. The quantitative estimate of drug-likeness (QED) is 0.688. The molecule has 0 radical (unpaired) electrons. The van der Waals surface area contributed by atoms with Crippen LogP contribution in [0.15, 0.2) is 41.9 Å². The molecule has 0 bridgehead atoms. The molecule has 1 aromatic heterocycles. The highest BCUT2D eigenvalue weighted by molar-refractivity contribution is 7.16. The second-order valence-corrected chi connectivity index (χ2v) is 7.52. The number of nitrogens with one attached hydrogen (secondary N) is 1. The molecule has 3 aromatic rings. The Morgan fingerprint density at radius 1 is 1.12 bits per heavy atom. The summed E-state index contributed by atoms with van der Waals surface area (Å²) < 4.78 is 1.01. The molecule has 1 aliphatic rings. The molecule has 128 valence electrons. The Morgan fingerprint density at radius 2 is 1.96 bits per heavy atom. The van der Waals surface area contributed by atoms with E-state index in [4.69, 9.17) is 11.6 Å². The average Bonchev–Trinajstić information content (AvgIpc) is 3.10. The van der Waals surface area contributed by atoms with E-state index in [9.17, 15) is 4.79 Å². The first kappa shape index (κ1) is 16.4. The number of aromatic nitrogens is 1. The van der Waals surface area contributed by atoms with Crippen LogP contribution in [0.3, 0.4) is 0 Å². The molecular formula is C19H18ClN3OS. The highest BCUT2D eigenvalue weighted by Gasteiger charge is 2.17. The van der Waals surface area contributed by atoms with Crippen LogP contribution in [-0.4, -0.2) is 24.0 Å². The standard InChI is InChI=1S/C19H18ClN3OS/c20-14-5-7-17(23-8-2-1-3-9-23)16(11-14)22-19(24)13-4-6-15-18(10-13)25-12-21-15/h4-7,10-12H,1-3,8-9H2,(H,22,24). The summed E-state index contributed by atoms with van der Waals surface area (Å²) in [4.78, 5) is 19.3. The van der Waals surface area contributed by atoms with Gasteiger partial charge in [-0.25, -0.2) is 4.98 Å². The van der Waals surface area contributed by atoms with E-state index in [-0.39, 0.29) is 5.91 Å². The monoisotopic (exact) mass is 371 g/mol. The molecule has 2 aromatic carbocycles.